The van der Waals surface area contributed by atoms with Crippen molar-refractivity contribution < 1.29 is 22.7 Å². The van der Waals surface area contributed by atoms with E-state index in [0.29, 0.717) is 12.8 Å². The van der Waals surface area contributed by atoms with Gasteiger partial charge in [0.15, 0.2) is 5.82 Å². The zero-order valence-corrected chi connectivity index (χ0v) is 14.6. The molecule has 0 heterocycles. The lowest BCUT2D eigenvalue weighted by molar-refractivity contribution is 0.0730. The lowest BCUT2D eigenvalue weighted by Crippen LogP contribution is -2.11. The summed E-state index contributed by atoms with van der Waals surface area (Å²) in [5.74, 6) is -3.66. The number of ether oxygens (including phenoxy) is 1. The normalized spacial score (nSPS) is 10.5. The number of halogens is 3. The SMILES string of the molecule is C=CCCc1ccc(C(=O)Oc2ccc3c(F)c(C#N)c(F)cc3c2)c(F)c1. The van der Waals surface area contributed by atoms with Crippen LogP contribution in [0.4, 0.5) is 13.2 Å². The van der Waals surface area contributed by atoms with Crippen LogP contribution >= 0.6 is 0 Å². The molecule has 0 aliphatic heterocycles. The number of nitrogens with zero attached hydrogens (tertiary/aromatic N) is 1. The molecule has 3 aromatic carbocycles. The fourth-order valence-electron chi connectivity index (χ4n) is 2.78. The van der Waals surface area contributed by atoms with E-state index in [1.165, 1.54) is 36.4 Å². The van der Waals surface area contributed by atoms with E-state index in [9.17, 15) is 18.0 Å². The molecule has 0 aliphatic carbocycles. The Morgan fingerprint density at radius 1 is 1.11 bits per heavy atom. The van der Waals surface area contributed by atoms with Crippen LogP contribution in [-0.4, -0.2) is 5.97 Å². The molecule has 3 rings (SSSR count). The number of esters is 1. The molecule has 0 aliphatic rings. The molecule has 0 radical (unpaired) electrons. The van der Waals surface area contributed by atoms with Gasteiger partial charge in [-0.25, -0.2) is 18.0 Å². The summed E-state index contributed by atoms with van der Waals surface area (Å²) in [6, 6.07) is 10.5. The van der Waals surface area contributed by atoms with Gasteiger partial charge in [-0.15, -0.1) is 6.58 Å². The smallest absolute Gasteiger partial charge is 0.346 e. The van der Waals surface area contributed by atoms with Crippen molar-refractivity contribution in [2.24, 2.45) is 0 Å². The van der Waals surface area contributed by atoms with Crippen molar-refractivity contribution >= 4 is 16.7 Å². The third-order valence-corrected chi connectivity index (χ3v) is 4.21. The fourth-order valence-corrected chi connectivity index (χ4v) is 2.78. The minimum atomic E-state index is -1.02. The Hall–Kier alpha value is -3.59. The quantitative estimate of drug-likeness (QED) is 0.335. The van der Waals surface area contributed by atoms with Crippen LogP contribution in [0.1, 0.15) is 27.9 Å². The van der Waals surface area contributed by atoms with E-state index in [0.717, 1.165) is 11.6 Å². The highest BCUT2D eigenvalue weighted by Crippen LogP contribution is 2.27. The fraction of sp³-hybridized carbons (Fsp3) is 0.0909. The maximum atomic E-state index is 14.2. The maximum absolute atomic E-state index is 14.2. The van der Waals surface area contributed by atoms with Crippen molar-refractivity contribution in [2.75, 3.05) is 0 Å². The van der Waals surface area contributed by atoms with Crippen LogP contribution < -0.4 is 4.74 Å². The Labute approximate surface area is 159 Å². The third-order valence-electron chi connectivity index (χ3n) is 4.21. The Bertz CT molecular complexity index is 1130. The van der Waals surface area contributed by atoms with Crippen LogP contribution in [0.2, 0.25) is 0 Å². The number of rotatable bonds is 5. The molecule has 3 aromatic rings. The van der Waals surface area contributed by atoms with Crippen LogP contribution in [0.25, 0.3) is 10.8 Å². The molecule has 140 valence electrons. The molecule has 0 amide bonds. The molecule has 0 unspecified atom stereocenters. The second kappa shape index (κ2) is 7.97. The van der Waals surface area contributed by atoms with Gasteiger partial charge in [0.1, 0.15) is 29.0 Å². The first-order valence-corrected chi connectivity index (χ1v) is 8.38. The molecule has 28 heavy (non-hydrogen) atoms. The van der Waals surface area contributed by atoms with Gasteiger partial charge in [0.25, 0.3) is 0 Å². The highest BCUT2D eigenvalue weighted by molar-refractivity contribution is 5.92. The Balaban J connectivity index is 1.87. The van der Waals surface area contributed by atoms with Crippen LogP contribution in [0.5, 0.6) is 5.75 Å². The first-order valence-electron chi connectivity index (χ1n) is 8.38. The lowest BCUT2D eigenvalue weighted by Gasteiger charge is -2.09. The Kier molecular flexibility index (Phi) is 5.46. The molecule has 0 saturated carbocycles. The number of hydrogen-bond donors (Lipinski definition) is 0. The van der Waals surface area contributed by atoms with E-state index in [-0.39, 0.29) is 22.1 Å². The minimum absolute atomic E-state index is 0.00357. The van der Waals surface area contributed by atoms with Crippen molar-refractivity contribution in [2.45, 2.75) is 12.8 Å². The summed E-state index contributed by atoms with van der Waals surface area (Å²) >= 11 is 0. The van der Waals surface area contributed by atoms with Gasteiger partial charge >= 0.3 is 5.97 Å². The predicted molar refractivity (Wildman–Crippen MR) is 98.5 cm³/mol. The van der Waals surface area contributed by atoms with E-state index in [4.69, 9.17) is 10.00 Å². The number of aryl methyl sites for hydroxylation is 1. The second-order valence-electron chi connectivity index (χ2n) is 6.07. The van der Waals surface area contributed by atoms with Gasteiger partial charge in [-0.05, 0) is 60.2 Å². The molecular formula is C22H14F3NO2. The monoisotopic (exact) mass is 381 g/mol. The van der Waals surface area contributed by atoms with Crippen molar-refractivity contribution in [3.05, 3.63) is 89.3 Å². The lowest BCUT2D eigenvalue weighted by atomic mass is 10.1. The first-order chi connectivity index (χ1) is 13.4. The third kappa shape index (κ3) is 3.74. The summed E-state index contributed by atoms with van der Waals surface area (Å²) in [5, 5.41) is 8.93. The van der Waals surface area contributed by atoms with Gasteiger partial charge in [0, 0.05) is 5.39 Å². The van der Waals surface area contributed by atoms with Gasteiger partial charge in [0.2, 0.25) is 0 Å². The first kappa shape index (κ1) is 19.2. The van der Waals surface area contributed by atoms with Crippen LogP contribution in [0.3, 0.4) is 0 Å². The molecule has 0 spiro atoms. The largest absolute Gasteiger partial charge is 0.423 e. The van der Waals surface area contributed by atoms with Gasteiger partial charge in [-0.2, -0.15) is 5.26 Å². The summed E-state index contributed by atoms with van der Waals surface area (Å²) in [7, 11) is 0. The van der Waals surface area contributed by atoms with Crippen molar-refractivity contribution in [3.63, 3.8) is 0 Å². The van der Waals surface area contributed by atoms with E-state index in [2.05, 4.69) is 6.58 Å². The highest BCUT2D eigenvalue weighted by Gasteiger charge is 2.17. The molecule has 6 heteroatoms. The van der Waals surface area contributed by atoms with Gasteiger partial charge in [-0.1, -0.05) is 12.1 Å². The molecule has 0 atom stereocenters. The number of carbonyl (C=O) groups excluding carboxylic acids is 1. The molecule has 0 N–H and O–H groups in total. The van der Waals surface area contributed by atoms with Crippen molar-refractivity contribution in [1.82, 2.24) is 0 Å². The molecule has 0 fully saturated rings. The summed E-state index contributed by atoms with van der Waals surface area (Å²) in [6.45, 7) is 3.60. The Morgan fingerprint density at radius 2 is 1.89 bits per heavy atom. The molecule has 0 bridgehead atoms. The van der Waals surface area contributed by atoms with Gasteiger partial charge < -0.3 is 4.74 Å². The molecule has 0 saturated heterocycles. The number of fused-ring (bicyclic) bond motifs is 1. The number of carbonyl (C=O) groups is 1. The van der Waals surface area contributed by atoms with Crippen molar-refractivity contribution in [3.8, 4) is 11.8 Å². The zero-order chi connectivity index (χ0) is 20.3. The summed E-state index contributed by atoms with van der Waals surface area (Å²) in [4.78, 5) is 12.3. The van der Waals surface area contributed by atoms with E-state index in [1.54, 1.807) is 12.1 Å². The van der Waals surface area contributed by atoms with Gasteiger partial charge in [0.05, 0.1) is 5.56 Å². The average molecular weight is 381 g/mol. The molecule has 0 aromatic heterocycles. The van der Waals surface area contributed by atoms with Crippen LogP contribution in [0, 0.1) is 28.8 Å². The summed E-state index contributed by atoms with van der Waals surface area (Å²) in [5.41, 5.74) is -0.214. The maximum Gasteiger partial charge on any atom is 0.346 e. The minimum Gasteiger partial charge on any atom is -0.423 e. The average Bonchev–Trinajstić information content (AvgIpc) is 2.66. The number of hydrogen-bond acceptors (Lipinski definition) is 3. The predicted octanol–water partition coefficient (Wildman–Crippen LogP) is 5.47. The topological polar surface area (TPSA) is 50.1 Å². The van der Waals surface area contributed by atoms with E-state index >= 15 is 0 Å². The Morgan fingerprint density at radius 3 is 2.57 bits per heavy atom. The van der Waals surface area contributed by atoms with E-state index in [1.807, 2.05) is 0 Å². The summed E-state index contributed by atoms with van der Waals surface area (Å²) in [6.07, 6.45) is 2.99. The molecular weight excluding hydrogens is 367 g/mol. The number of allylic oxidation sites excluding steroid dienone is 1. The van der Waals surface area contributed by atoms with Crippen molar-refractivity contribution in [1.29, 1.82) is 5.26 Å². The van der Waals surface area contributed by atoms with E-state index < -0.39 is 29.0 Å². The summed E-state index contributed by atoms with van der Waals surface area (Å²) < 4.78 is 47.3. The van der Waals surface area contributed by atoms with Gasteiger partial charge in [-0.3, -0.25) is 0 Å². The zero-order valence-electron chi connectivity index (χ0n) is 14.6. The second-order valence-corrected chi connectivity index (χ2v) is 6.07. The highest BCUT2D eigenvalue weighted by atomic mass is 19.1. The standard InChI is InChI=1S/C22H14F3NO2/c1-2-3-4-13-5-7-17(19(23)9-13)22(27)28-15-6-8-16-14(10-15)11-20(24)18(12-26)21(16)25/h2,5-11H,1,3-4H2. The van der Waals surface area contributed by atoms with Crippen LogP contribution in [-0.2, 0) is 6.42 Å². The number of benzene rings is 3. The van der Waals surface area contributed by atoms with Crippen LogP contribution in [0.15, 0.2) is 55.1 Å². The number of nitriles is 1. The molecule has 3 nitrogen and oxygen atoms in total.